The van der Waals surface area contributed by atoms with E-state index in [0.29, 0.717) is 0 Å². The zero-order valence-corrected chi connectivity index (χ0v) is 8.46. The molecule has 1 atom stereocenters. The summed E-state index contributed by atoms with van der Waals surface area (Å²) < 4.78 is 30.6. The molecule has 0 bridgehead atoms. The standard InChI is InChI=1S/C10H16F2O2/c1-8(2)14-7-9(13)3-5-10(11,12)6-4-9/h3,5,8,13H,4,6-7H2,1-2H3. The molecule has 1 aliphatic rings. The summed E-state index contributed by atoms with van der Waals surface area (Å²) >= 11 is 0. The Morgan fingerprint density at radius 1 is 1.36 bits per heavy atom. The van der Waals surface area contributed by atoms with Crippen LogP contribution in [0.4, 0.5) is 8.78 Å². The minimum absolute atomic E-state index is 0.00476. The average Bonchev–Trinajstić information content (AvgIpc) is 2.08. The third-order valence-corrected chi connectivity index (χ3v) is 2.20. The highest BCUT2D eigenvalue weighted by Crippen LogP contribution is 2.32. The molecule has 2 nitrogen and oxygen atoms in total. The molecule has 1 N–H and O–H groups in total. The third kappa shape index (κ3) is 3.35. The van der Waals surface area contributed by atoms with Gasteiger partial charge in [-0.1, -0.05) is 0 Å². The van der Waals surface area contributed by atoms with E-state index in [4.69, 9.17) is 4.74 Å². The lowest BCUT2D eigenvalue weighted by Gasteiger charge is -2.31. The fraction of sp³-hybridized carbons (Fsp3) is 0.800. The fourth-order valence-electron chi connectivity index (χ4n) is 1.26. The minimum Gasteiger partial charge on any atom is -0.383 e. The second kappa shape index (κ2) is 3.95. The van der Waals surface area contributed by atoms with E-state index in [2.05, 4.69) is 0 Å². The number of hydrogen-bond acceptors (Lipinski definition) is 2. The van der Waals surface area contributed by atoms with E-state index in [1.54, 1.807) is 0 Å². The van der Waals surface area contributed by atoms with E-state index in [0.717, 1.165) is 12.2 Å². The summed E-state index contributed by atoms with van der Waals surface area (Å²) in [5.41, 5.74) is -1.22. The van der Waals surface area contributed by atoms with Gasteiger partial charge in [0, 0.05) is 6.42 Å². The van der Waals surface area contributed by atoms with Crippen molar-refractivity contribution in [3.63, 3.8) is 0 Å². The number of rotatable bonds is 3. The summed E-state index contributed by atoms with van der Waals surface area (Å²) in [4.78, 5) is 0. The molecule has 0 spiro atoms. The fourth-order valence-corrected chi connectivity index (χ4v) is 1.26. The number of alkyl halides is 2. The zero-order chi connectivity index (χ0) is 10.8. The molecular weight excluding hydrogens is 190 g/mol. The highest BCUT2D eigenvalue weighted by molar-refractivity contribution is 5.11. The summed E-state index contributed by atoms with van der Waals surface area (Å²) in [6.45, 7) is 3.76. The van der Waals surface area contributed by atoms with Gasteiger partial charge in [0.1, 0.15) is 5.60 Å². The Labute approximate surface area is 82.6 Å². The molecule has 0 radical (unpaired) electrons. The Hall–Kier alpha value is -0.480. The first-order valence-electron chi connectivity index (χ1n) is 4.75. The highest BCUT2D eigenvalue weighted by Gasteiger charge is 2.37. The van der Waals surface area contributed by atoms with Crippen molar-refractivity contribution in [2.24, 2.45) is 0 Å². The molecule has 82 valence electrons. The van der Waals surface area contributed by atoms with Crippen LogP contribution in [0.1, 0.15) is 26.7 Å². The second-order valence-electron chi connectivity index (χ2n) is 4.06. The van der Waals surface area contributed by atoms with Crippen LogP contribution in [0.3, 0.4) is 0 Å². The SMILES string of the molecule is CC(C)OCC1(O)C=CC(F)(F)CC1. The summed E-state index contributed by atoms with van der Waals surface area (Å²) in [7, 11) is 0. The van der Waals surface area contributed by atoms with Crippen molar-refractivity contribution in [1.29, 1.82) is 0 Å². The van der Waals surface area contributed by atoms with Crippen molar-refractivity contribution in [1.82, 2.24) is 0 Å². The molecule has 1 unspecified atom stereocenters. The van der Waals surface area contributed by atoms with Crippen molar-refractivity contribution in [2.75, 3.05) is 6.61 Å². The molecule has 0 aromatic rings. The molecule has 1 aliphatic carbocycles. The van der Waals surface area contributed by atoms with Crippen LogP contribution >= 0.6 is 0 Å². The smallest absolute Gasteiger partial charge is 0.266 e. The zero-order valence-electron chi connectivity index (χ0n) is 8.46. The Balaban J connectivity index is 2.52. The predicted octanol–water partition coefficient (Wildman–Crippen LogP) is 2.13. The van der Waals surface area contributed by atoms with Crippen molar-refractivity contribution in [2.45, 2.75) is 44.3 Å². The molecule has 0 saturated heterocycles. The molecule has 4 heteroatoms. The highest BCUT2D eigenvalue weighted by atomic mass is 19.3. The van der Waals surface area contributed by atoms with Crippen molar-refractivity contribution < 1.29 is 18.6 Å². The Kier molecular flexibility index (Phi) is 3.27. The van der Waals surface area contributed by atoms with Gasteiger partial charge in [0.25, 0.3) is 5.92 Å². The monoisotopic (exact) mass is 206 g/mol. The van der Waals surface area contributed by atoms with Gasteiger partial charge in [0.2, 0.25) is 0 Å². The normalized spacial score (nSPS) is 31.0. The Morgan fingerprint density at radius 2 is 2.00 bits per heavy atom. The Bertz CT molecular complexity index is 226. The van der Waals surface area contributed by atoms with Gasteiger partial charge in [-0.2, -0.15) is 0 Å². The molecule has 0 aliphatic heterocycles. The molecular formula is C10H16F2O2. The number of aliphatic hydroxyl groups is 1. The van der Waals surface area contributed by atoms with Gasteiger partial charge in [-0.25, -0.2) is 8.78 Å². The van der Waals surface area contributed by atoms with E-state index < -0.39 is 11.5 Å². The van der Waals surface area contributed by atoms with Crippen LogP contribution in [0.25, 0.3) is 0 Å². The molecule has 0 aromatic heterocycles. The Morgan fingerprint density at radius 3 is 2.43 bits per heavy atom. The maximum Gasteiger partial charge on any atom is 0.266 e. The van der Waals surface area contributed by atoms with Crippen LogP contribution in [0, 0.1) is 0 Å². The lowest BCUT2D eigenvalue weighted by Crippen LogP contribution is -2.38. The third-order valence-electron chi connectivity index (χ3n) is 2.20. The van der Waals surface area contributed by atoms with Crippen LogP contribution in [0.5, 0.6) is 0 Å². The average molecular weight is 206 g/mol. The van der Waals surface area contributed by atoms with Gasteiger partial charge < -0.3 is 9.84 Å². The van der Waals surface area contributed by atoms with Crippen LogP contribution in [0.15, 0.2) is 12.2 Å². The lowest BCUT2D eigenvalue weighted by molar-refractivity contribution is -0.0668. The quantitative estimate of drug-likeness (QED) is 0.717. The van der Waals surface area contributed by atoms with Gasteiger partial charge >= 0.3 is 0 Å². The number of ether oxygens (including phenoxy) is 1. The van der Waals surface area contributed by atoms with Gasteiger partial charge in [0.05, 0.1) is 12.7 Å². The number of hydrogen-bond donors (Lipinski definition) is 1. The molecule has 0 heterocycles. The largest absolute Gasteiger partial charge is 0.383 e. The van der Waals surface area contributed by atoms with Crippen molar-refractivity contribution in [3.05, 3.63) is 12.2 Å². The maximum absolute atomic E-state index is 12.7. The van der Waals surface area contributed by atoms with Crippen LogP contribution < -0.4 is 0 Å². The second-order valence-corrected chi connectivity index (χ2v) is 4.06. The molecule has 0 fully saturated rings. The van der Waals surface area contributed by atoms with Crippen LogP contribution in [-0.4, -0.2) is 29.3 Å². The molecule has 0 saturated carbocycles. The van der Waals surface area contributed by atoms with Gasteiger partial charge in [-0.05, 0) is 32.4 Å². The summed E-state index contributed by atoms with van der Waals surface area (Å²) in [5.74, 6) is -2.77. The molecule has 0 aromatic carbocycles. The van der Waals surface area contributed by atoms with E-state index in [-0.39, 0.29) is 25.6 Å². The van der Waals surface area contributed by atoms with Crippen LogP contribution in [0.2, 0.25) is 0 Å². The van der Waals surface area contributed by atoms with Crippen LogP contribution in [-0.2, 0) is 4.74 Å². The summed E-state index contributed by atoms with van der Waals surface area (Å²) in [6.07, 6.45) is 1.64. The van der Waals surface area contributed by atoms with Gasteiger partial charge in [0.15, 0.2) is 0 Å². The topological polar surface area (TPSA) is 29.5 Å². The molecule has 14 heavy (non-hydrogen) atoms. The van der Waals surface area contributed by atoms with E-state index in [9.17, 15) is 13.9 Å². The first kappa shape index (κ1) is 11.6. The summed E-state index contributed by atoms with van der Waals surface area (Å²) in [5, 5.41) is 9.81. The minimum atomic E-state index is -2.77. The summed E-state index contributed by atoms with van der Waals surface area (Å²) in [6, 6.07) is 0. The predicted molar refractivity (Wildman–Crippen MR) is 49.4 cm³/mol. The maximum atomic E-state index is 12.7. The van der Waals surface area contributed by atoms with Crippen molar-refractivity contribution in [3.8, 4) is 0 Å². The lowest BCUT2D eigenvalue weighted by atomic mass is 9.90. The van der Waals surface area contributed by atoms with E-state index >= 15 is 0 Å². The van der Waals surface area contributed by atoms with E-state index in [1.165, 1.54) is 0 Å². The van der Waals surface area contributed by atoms with Gasteiger partial charge in [-0.3, -0.25) is 0 Å². The number of halogens is 2. The first-order chi connectivity index (χ1) is 6.33. The molecule has 1 rings (SSSR count). The molecule has 0 amide bonds. The number of allylic oxidation sites excluding steroid dienone is 1. The first-order valence-corrected chi connectivity index (χ1v) is 4.75. The van der Waals surface area contributed by atoms with Gasteiger partial charge in [-0.15, -0.1) is 0 Å². The van der Waals surface area contributed by atoms with E-state index in [1.807, 2.05) is 13.8 Å². The van der Waals surface area contributed by atoms with Crippen molar-refractivity contribution >= 4 is 0 Å².